The highest BCUT2D eigenvalue weighted by Crippen LogP contribution is 2.54. The second kappa shape index (κ2) is 7.52. The van der Waals surface area contributed by atoms with Gasteiger partial charge in [0.15, 0.2) is 0 Å². The first kappa shape index (κ1) is 24.1. The molecule has 0 aromatic carbocycles. The third kappa shape index (κ3) is 4.46. The summed E-state index contributed by atoms with van der Waals surface area (Å²) in [4.78, 5) is 20.5. The van der Waals surface area contributed by atoms with Crippen LogP contribution in [-0.2, 0) is 23.2 Å². The van der Waals surface area contributed by atoms with Crippen molar-refractivity contribution in [2.45, 2.75) is 104 Å². The van der Waals surface area contributed by atoms with E-state index in [0.717, 1.165) is 12.8 Å². The van der Waals surface area contributed by atoms with Gasteiger partial charge < -0.3 is 28.4 Å². The standard InChI is InChI=1S/C18H35B2O7P/c1-10-11-12-13(19-24-15(2,3)16(4,5)25-19)14(28(21,22)23)20-26-17(6,7)18(8,9)27-20/h10-12H2,1-9H3,(H2,21,22,23)/b14-13+. The highest BCUT2D eigenvalue weighted by atomic mass is 31.2. The fourth-order valence-electron chi connectivity index (χ4n) is 3.15. The molecule has 0 aliphatic carbocycles. The summed E-state index contributed by atoms with van der Waals surface area (Å²) in [5.74, 6) is 0. The second-order valence-corrected chi connectivity index (χ2v) is 11.3. The Morgan fingerprint density at radius 1 is 0.786 bits per heavy atom. The van der Waals surface area contributed by atoms with Crippen LogP contribution < -0.4 is 0 Å². The van der Waals surface area contributed by atoms with Gasteiger partial charge >= 0.3 is 21.8 Å². The molecule has 0 atom stereocenters. The summed E-state index contributed by atoms with van der Waals surface area (Å²) in [6, 6.07) is 0. The molecule has 2 rings (SSSR count). The van der Waals surface area contributed by atoms with E-state index >= 15 is 0 Å². The Bertz CT molecular complexity index is 649. The lowest BCUT2D eigenvalue weighted by Crippen LogP contribution is -2.41. The van der Waals surface area contributed by atoms with Crippen molar-refractivity contribution >= 4 is 21.8 Å². The van der Waals surface area contributed by atoms with Crippen LogP contribution in [0.1, 0.15) is 81.6 Å². The van der Waals surface area contributed by atoms with E-state index in [2.05, 4.69) is 0 Å². The normalized spacial score (nSPS) is 26.5. The maximum atomic E-state index is 12.6. The Morgan fingerprint density at radius 3 is 1.46 bits per heavy atom. The second-order valence-electron chi connectivity index (χ2n) is 9.73. The average molecular weight is 416 g/mol. The van der Waals surface area contributed by atoms with Crippen LogP contribution in [0.4, 0.5) is 0 Å². The van der Waals surface area contributed by atoms with Gasteiger partial charge in [-0.15, -0.1) is 0 Å². The van der Waals surface area contributed by atoms with Gasteiger partial charge in [0.05, 0.1) is 27.6 Å². The van der Waals surface area contributed by atoms with Crippen molar-refractivity contribution < 1.29 is 33.0 Å². The monoisotopic (exact) mass is 416 g/mol. The molecule has 0 aromatic heterocycles. The molecule has 7 nitrogen and oxygen atoms in total. The minimum Gasteiger partial charge on any atom is -0.400 e. The molecule has 0 saturated carbocycles. The average Bonchev–Trinajstić information content (AvgIpc) is 2.81. The third-order valence-corrected chi connectivity index (χ3v) is 7.58. The van der Waals surface area contributed by atoms with Gasteiger partial charge in [0.2, 0.25) is 0 Å². The molecule has 0 amide bonds. The van der Waals surface area contributed by atoms with Crippen molar-refractivity contribution in [1.29, 1.82) is 0 Å². The Balaban J connectivity index is 2.58. The van der Waals surface area contributed by atoms with E-state index in [1.165, 1.54) is 0 Å². The molecule has 2 aliphatic rings. The summed E-state index contributed by atoms with van der Waals surface area (Å²) in [5.41, 5.74) is -2.25. The van der Waals surface area contributed by atoms with Crippen LogP contribution in [0.15, 0.2) is 10.7 Å². The predicted octanol–water partition coefficient (Wildman–Crippen LogP) is 3.87. The fraction of sp³-hybridized carbons (Fsp3) is 0.889. The Labute approximate surface area is 170 Å². The highest BCUT2D eigenvalue weighted by molar-refractivity contribution is 7.60. The molecule has 0 radical (unpaired) electrons. The summed E-state index contributed by atoms with van der Waals surface area (Å²) in [6.45, 7) is 17.1. The molecule has 2 aliphatic heterocycles. The molecule has 0 spiro atoms. The molecule has 10 heteroatoms. The van der Waals surface area contributed by atoms with Crippen LogP contribution in [0.3, 0.4) is 0 Å². The maximum Gasteiger partial charge on any atom is 0.502 e. The molecule has 0 bridgehead atoms. The Kier molecular flexibility index (Phi) is 6.48. The molecule has 0 unspecified atom stereocenters. The zero-order valence-corrected chi connectivity index (χ0v) is 19.6. The van der Waals surface area contributed by atoms with Gasteiger partial charge in [-0.2, -0.15) is 0 Å². The first-order chi connectivity index (χ1) is 12.5. The number of unbranched alkanes of at least 4 members (excludes halogenated alkanes) is 1. The minimum absolute atomic E-state index is 0.168. The van der Waals surface area contributed by atoms with Crippen LogP contribution in [0.5, 0.6) is 0 Å². The summed E-state index contributed by atoms with van der Waals surface area (Å²) < 4.78 is 36.8. The zero-order chi connectivity index (χ0) is 21.8. The first-order valence-electron chi connectivity index (χ1n) is 9.95. The molecule has 0 aromatic rings. The van der Waals surface area contributed by atoms with E-state index in [-0.39, 0.29) is 5.21 Å². The molecule has 2 fully saturated rings. The van der Waals surface area contributed by atoms with Gasteiger partial charge in [0.25, 0.3) is 0 Å². The van der Waals surface area contributed by atoms with Crippen LogP contribution >= 0.6 is 7.60 Å². The van der Waals surface area contributed by atoms with Gasteiger partial charge in [0, 0.05) is 0 Å². The topological polar surface area (TPSA) is 94.5 Å². The molecule has 160 valence electrons. The molecule has 28 heavy (non-hydrogen) atoms. The van der Waals surface area contributed by atoms with Gasteiger partial charge in [0.1, 0.15) is 0 Å². The summed E-state index contributed by atoms with van der Waals surface area (Å²) in [6.07, 6.45) is 2.03. The SMILES string of the molecule is CCCC/C(B1OC(C)(C)C(C)(C)O1)=C(/B1OC(C)(C)C(C)(C)O1)P(=O)(O)O. The number of rotatable bonds is 6. The largest absolute Gasteiger partial charge is 0.502 e. The first-order valence-corrected chi connectivity index (χ1v) is 11.6. The number of allylic oxidation sites excluding steroid dienone is 1. The van der Waals surface area contributed by atoms with Crippen molar-refractivity contribution in [3.8, 4) is 0 Å². The lowest BCUT2D eigenvalue weighted by Gasteiger charge is -2.32. The molecular weight excluding hydrogens is 381 g/mol. The van der Waals surface area contributed by atoms with E-state index in [9.17, 15) is 14.4 Å². The fourth-order valence-corrected chi connectivity index (χ4v) is 4.12. The van der Waals surface area contributed by atoms with Crippen molar-refractivity contribution in [1.82, 2.24) is 0 Å². The van der Waals surface area contributed by atoms with Crippen LogP contribution in [-0.4, -0.2) is 46.4 Å². The van der Waals surface area contributed by atoms with E-state index < -0.39 is 44.2 Å². The number of hydrogen-bond acceptors (Lipinski definition) is 5. The number of hydrogen-bond donors (Lipinski definition) is 2. The quantitative estimate of drug-likeness (QED) is 0.502. The Morgan fingerprint density at radius 2 is 1.14 bits per heavy atom. The van der Waals surface area contributed by atoms with Crippen molar-refractivity contribution in [3.05, 3.63) is 10.7 Å². The van der Waals surface area contributed by atoms with Crippen molar-refractivity contribution in [2.24, 2.45) is 0 Å². The summed E-state index contributed by atoms with van der Waals surface area (Å²) in [5, 5.41) is -0.168. The third-order valence-electron chi connectivity index (χ3n) is 6.46. The highest BCUT2D eigenvalue weighted by Gasteiger charge is 2.59. The molecular formula is C18H35B2O7P. The summed E-state index contributed by atoms with van der Waals surface area (Å²) in [7, 11) is -6.72. The zero-order valence-electron chi connectivity index (χ0n) is 18.7. The van der Waals surface area contributed by atoms with Gasteiger partial charge in [-0.3, -0.25) is 4.57 Å². The summed E-state index contributed by atoms with van der Waals surface area (Å²) >= 11 is 0. The molecule has 2 saturated heterocycles. The smallest absolute Gasteiger partial charge is 0.400 e. The van der Waals surface area contributed by atoms with Crippen LogP contribution in [0.25, 0.3) is 0 Å². The molecule has 2 heterocycles. The predicted molar refractivity (Wildman–Crippen MR) is 111 cm³/mol. The lowest BCUT2D eigenvalue weighted by atomic mass is 9.69. The Hall–Kier alpha value is -0.140. The van der Waals surface area contributed by atoms with Crippen molar-refractivity contribution in [3.63, 3.8) is 0 Å². The van der Waals surface area contributed by atoms with Crippen molar-refractivity contribution in [2.75, 3.05) is 0 Å². The van der Waals surface area contributed by atoms with E-state index in [1.54, 1.807) is 0 Å². The maximum absolute atomic E-state index is 12.6. The van der Waals surface area contributed by atoms with Gasteiger partial charge in [-0.25, -0.2) is 0 Å². The van der Waals surface area contributed by atoms with Gasteiger partial charge in [-0.1, -0.05) is 19.8 Å². The van der Waals surface area contributed by atoms with E-state index in [1.807, 2.05) is 62.3 Å². The van der Waals surface area contributed by atoms with Gasteiger partial charge in [-0.05, 0) is 67.3 Å². The minimum atomic E-state index is -4.70. The molecule has 2 N–H and O–H groups in total. The lowest BCUT2D eigenvalue weighted by molar-refractivity contribution is 0.00578. The van der Waals surface area contributed by atoms with Crippen LogP contribution in [0, 0.1) is 0 Å². The van der Waals surface area contributed by atoms with Crippen LogP contribution in [0.2, 0.25) is 0 Å². The van der Waals surface area contributed by atoms with E-state index in [4.69, 9.17) is 18.6 Å². The van der Waals surface area contributed by atoms with E-state index in [0.29, 0.717) is 11.9 Å².